The minimum Gasteiger partial charge on any atom is -0.366 e. The molecule has 0 bridgehead atoms. The van der Waals surface area contributed by atoms with E-state index in [-0.39, 0.29) is 11.2 Å². The molecule has 1 heterocycles. The highest BCUT2D eigenvalue weighted by molar-refractivity contribution is 6.29. The predicted octanol–water partition coefficient (Wildman–Crippen LogP) is 4.18. The second-order valence-corrected chi connectivity index (χ2v) is 6.02. The van der Waals surface area contributed by atoms with Crippen molar-refractivity contribution in [2.75, 3.05) is 5.32 Å². The van der Waals surface area contributed by atoms with E-state index in [1.54, 1.807) is 18.2 Å². The first-order valence-electron chi connectivity index (χ1n) is 6.38. The van der Waals surface area contributed by atoms with Gasteiger partial charge in [-0.2, -0.15) is 0 Å². The van der Waals surface area contributed by atoms with Crippen LogP contribution >= 0.6 is 11.6 Å². The molecule has 2 aromatic rings. The zero-order valence-electron chi connectivity index (χ0n) is 11.7. The molecular formula is C15H17ClFN3. The molecule has 0 radical (unpaired) electrons. The first-order chi connectivity index (χ1) is 9.34. The van der Waals surface area contributed by atoms with Crippen molar-refractivity contribution < 1.29 is 4.39 Å². The van der Waals surface area contributed by atoms with Crippen LogP contribution in [0.4, 0.5) is 10.2 Å². The van der Waals surface area contributed by atoms with Crippen LogP contribution in [-0.4, -0.2) is 9.97 Å². The Balaban J connectivity index is 2.13. The van der Waals surface area contributed by atoms with Gasteiger partial charge in [0, 0.05) is 18.0 Å². The molecule has 0 atom stereocenters. The van der Waals surface area contributed by atoms with Crippen molar-refractivity contribution in [3.63, 3.8) is 0 Å². The molecule has 0 unspecified atom stereocenters. The molecule has 1 aromatic heterocycles. The Labute approximate surface area is 123 Å². The third kappa shape index (κ3) is 3.90. The van der Waals surface area contributed by atoms with Gasteiger partial charge in [-0.1, -0.05) is 44.5 Å². The molecule has 106 valence electrons. The molecule has 0 amide bonds. The molecule has 0 spiro atoms. The van der Waals surface area contributed by atoms with Crippen LogP contribution in [0.5, 0.6) is 0 Å². The van der Waals surface area contributed by atoms with Gasteiger partial charge in [0.05, 0.1) is 0 Å². The first-order valence-corrected chi connectivity index (χ1v) is 6.76. The van der Waals surface area contributed by atoms with E-state index in [0.29, 0.717) is 23.3 Å². The molecule has 0 aliphatic heterocycles. The average Bonchev–Trinajstić information content (AvgIpc) is 2.36. The van der Waals surface area contributed by atoms with E-state index in [4.69, 9.17) is 11.6 Å². The fourth-order valence-corrected chi connectivity index (χ4v) is 1.82. The van der Waals surface area contributed by atoms with Gasteiger partial charge in [0.1, 0.15) is 22.6 Å². The van der Waals surface area contributed by atoms with Crippen LogP contribution in [0.15, 0.2) is 30.3 Å². The quantitative estimate of drug-likeness (QED) is 0.863. The highest BCUT2D eigenvalue weighted by Crippen LogP contribution is 2.22. The van der Waals surface area contributed by atoms with Crippen LogP contribution in [0.1, 0.15) is 32.2 Å². The van der Waals surface area contributed by atoms with E-state index in [1.165, 1.54) is 12.1 Å². The lowest BCUT2D eigenvalue weighted by Crippen LogP contribution is -2.17. The fraction of sp³-hybridized carbons (Fsp3) is 0.333. The van der Waals surface area contributed by atoms with Gasteiger partial charge >= 0.3 is 0 Å². The third-order valence-electron chi connectivity index (χ3n) is 2.75. The Bertz CT molecular complexity index is 591. The number of rotatable bonds is 3. The normalized spacial score (nSPS) is 11.4. The van der Waals surface area contributed by atoms with Crippen LogP contribution in [0.3, 0.4) is 0 Å². The number of benzene rings is 1. The molecule has 1 aromatic carbocycles. The van der Waals surface area contributed by atoms with Gasteiger partial charge in [0.15, 0.2) is 0 Å². The van der Waals surface area contributed by atoms with Crippen LogP contribution in [0.25, 0.3) is 0 Å². The second-order valence-electron chi connectivity index (χ2n) is 5.63. The monoisotopic (exact) mass is 293 g/mol. The van der Waals surface area contributed by atoms with Crippen molar-refractivity contribution in [2.24, 2.45) is 0 Å². The summed E-state index contributed by atoms with van der Waals surface area (Å²) in [6.45, 7) is 6.64. The lowest BCUT2D eigenvalue weighted by Gasteiger charge is -2.17. The Morgan fingerprint density at radius 2 is 1.80 bits per heavy atom. The van der Waals surface area contributed by atoms with E-state index in [9.17, 15) is 4.39 Å². The highest BCUT2D eigenvalue weighted by Gasteiger charge is 2.18. The summed E-state index contributed by atoms with van der Waals surface area (Å²) in [7, 11) is 0. The smallest absolute Gasteiger partial charge is 0.137 e. The molecule has 1 N–H and O–H groups in total. The summed E-state index contributed by atoms with van der Waals surface area (Å²) in [4.78, 5) is 8.69. The third-order valence-corrected chi connectivity index (χ3v) is 2.95. The number of hydrogen-bond acceptors (Lipinski definition) is 3. The highest BCUT2D eigenvalue weighted by atomic mass is 35.5. The number of nitrogens with zero attached hydrogens (tertiary/aromatic N) is 2. The number of nitrogens with one attached hydrogen (secondary N) is 1. The van der Waals surface area contributed by atoms with Crippen molar-refractivity contribution in [1.82, 2.24) is 9.97 Å². The molecule has 0 saturated heterocycles. The van der Waals surface area contributed by atoms with E-state index < -0.39 is 0 Å². The Morgan fingerprint density at radius 3 is 2.40 bits per heavy atom. The molecule has 0 saturated carbocycles. The lowest BCUT2D eigenvalue weighted by atomic mass is 9.96. The summed E-state index contributed by atoms with van der Waals surface area (Å²) in [5.41, 5.74) is 0.801. The summed E-state index contributed by atoms with van der Waals surface area (Å²) in [5, 5.41) is 3.58. The first kappa shape index (κ1) is 14.7. The van der Waals surface area contributed by atoms with Gasteiger partial charge in [-0.15, -0.1) is 0 Å². The number of hydrogen-bond donors (Lipinski definition) is 1. The SMILES string of the molecule is CC(C)(C)c1nc(Cl)cc(NCc2ccc(F)cc2)n1. The van der Waals surface area contributed by atoms with Gasteiger partial charge in [-0.05, 0) is 17.7 Å². The summed E-state index contributed by atoms with van der Waals surface area (Å²) < 4.78 is 12.8. The molecule has 3 nitrogen and oxygen atoms in total. The summed E-state index contributed by atoms with van der Waals surface area (Å²) in [5.74, 6) is 1.11. The van der Waals surface area contributed by atoms with Gasteiger partial charge in [-0.25, -0.2) is 14.4 Å². The van der Waals surface area contributed by atoms with Crippen molar-refractivity contribution in [3.8, 4) is 0 Å². The van der Waals surface area contributed by atoms with Gasteiger partial charge in [0.25, 0.3) is 0 Å². The zero-order chi connectivity index (χ0) is 14.8. The van der Waals surface area contributed by atoms with Crippen LogP contribution in [0, 0.1) is 5.82 Å². The largest absolute Gasteiger partial charge is 0.366 e. The van der Waals surface area contributed by atoms with Crippen molar-refractivity contribution in [1.29, 1.82) is 0 Å². The Hall–Kier alpha value is -1.68. The zero-order valence-corrected chi connectivity index (χ0v) is 12.5. The number of aromatic nitrogens is 2. The maximum absolute atomic E-state index is 12.8. The number of halogens is 2. The maximum atomic E-state index is 12.8. The van der Waals surface area contributed by atoms with Gasteiger partial charge in [0.2, 0.25) is 0 Å². The topological polar surface area (TPSA) is 37.8 Å². The fourth-order valence-electron chi connectivity index (χ4n) is 1.64. The minimum absolute atomic E-state index is 0.169. The van der Waals surface area contributed by atoms with E-state index in [0.717, 1.165) is 5.56 Å². The van der Waals surface area contributed by atoms with E-state index in [1.807, 2.05) is 20.8 Å². The van der Waals surface area contributed by atoms with E-state index in [2.05, 4.69) is 15.3 Å². The summed E-state index contributed by atoms with van der Waals surface area (Å²) in [6, 6.07) is 8.01. The average molecular weight is 294 g/mol. The molecule has 5 heteroatoms. The van der Waals surface area contributed by atoms with Crippen molar-refractivity contribution >= 4 is 17.4 Å². The molecule has 0 aliphatic carbocycles. The molecular weight excluding hydrogens is 277 g/mol. The summed E-state index contributed by atoms with van der Waals surface area (Å²) >= 11 is 6.02. The number of anilines is 1. The van der Waals surface area contributed by atoms with Crippen molar-refractivity contribution in [2.45, 2.75) is 32.7 Å². The molecule has 20 heavy (non-hydrogen) atoms. The Kier molecular flexibility index (Phi) is 4.23. The molecule has 2 rings (SSSR count). The van der Waals surface area contributed by atoms with Crippen LogP contribution < -0.4 is 5.32 Å². The van der Waals surface area contributed by atoms with Crippen molar-refractivity contribution in [3.05, 3.63) is 52.7 Å². The van der Waals surface area contributed by atoms with Crippen LogP contribution in [-0.2, 0) is 12.0 Å². The standard InChI is InChI=1S/C15H17ClFN3/c1-15(2,3)14-19-12(16)8-13(20-14)18-9-10-4-6-11(17)7-5-10/h4-8H,9H2,1-3H3,(H,18,19,20). The lowest BCUT2D eigenvalue weighted by molar-refractivity contribution is 0.546. The maximum Gasteiger partial charge on any atom is 0.137 e. The van der Waals surface area contributed by atoms with Gasteiger partial charge < -0.3 is 5.32 Å². The minimum atomic E-state index is -0.242. The second kappa shape index (κ2) is 5.75. The van der Waals surface area contributed by atoms with E-state index >= 15 is 0 Å². The molecule has 0 fully saturated rings. The van der Waals surface area contributed by atoms with Crippen LogP contribution in [0.2, 0.25) is 5.15 Å². The Morgan fingerprint density at radius 1 is 1.15 bits per heavy atom. The predicted molar refractivity (Wildman–Crippen MR) is 79.5 cm³/mol. The van der Waals surface area contributed by atoms with Gasteiger partial charge in [-0.3, -0.25) is 0 Å². The summed E-state index contributed by atoms with van der Waals surface area (Å²) in [6.07, 6.45) is 0. The molecule has 0 aliphatic rings.